The predicted molar refractivity (Wildman–Crippen MR) is 107 cm³/mol. The van der Waals surface area contributed by atoms with E-state index in [2.05, 4.69) is 5.32 Å². The molecule has 0 spiro atoms. The summed E-state index contributed by atoms with van der Waals surface area (Å²) in [5.74, 6) is 0.0140. The number of carbonyl (C=O) groups excluding carboxylic acids is 1. The fourth-order valence-corrected chi connectivity index (χ4v) is 4.47. The third-order valence-electron chi connectivity index (χ3n) is 4.75. The normalized spacial score (nSPS) is 16.5. The molecule has 1 saturated carbocycles. The third kappa shape index (κ3) is 7.16. The summed E-state index contributed by atoms with van der Waals surface area (Å²) >= 11 is 5.87. The van der Waals surface area contributed by atoms with E-state index in [1.54, 1.807) is 24.3 Å². The lowest BCUT2D eigenvalue weighted by molar-refractivity contribution is -0.122. The van der Waals surface area contributed by atoms with Crippen LogP contribution in [0.2, 0.25) is 5.02 Å². The topological polar surface area (TPSA) is 66.5 Å². The van der Waals surface area contributed by atoms with Gasteiger partial charge in [0.1, 0.15) is 0 Å². The first-order chi connectivity index (χ1) is 12.4. The first kappa shape index (κ1) is 21.0. The Morgan fingerprint density at radius 1 is 1.12 bits per heavy atom. The van der Waals surface area contributed by atoms with Gasteiger partial charge >= 0.3 is 0 Å². The van der Waals surface area contributed by atoms with Gasteiger partial charge in [-0.15, -0.1) is 0 Å². The number of hydrogen-bond acceptors (Lipinski definition) is 3. The lowest BCUT2D eigenvalue weighted by atomic mass is 9.96. The molecule has 1 aromatic carbocycles. The molecule has 1 aliphatic carbocycles. The molecule has 0 aliphatic heterocycles. The highest BCUT2D eigenvalue weighted by atomic mass is 35.5. The maximum atomic E-state index is 12.2. The van der Waals surface area contributed by atoms with Crippen LogP contribution in [0, 0.1) is 0 Å². The second kappa shape index (κ2) is 10.2. The highest BCUT2D eigenvalue weighted by Gasteiger charge is 2.18. The van der Waals surface area contributed by atoms with E-state index in [0.29, 0.717) is 23.6 Å². The molecule has 1 fully saturated rings. The highest BCUT2D eigenvalue weighted by Crippen LogP contribution is 2.21. The molecule has 0 heterocycles. The number of halogens is 1. The zero-order chi connectivity index (χ0) is 19.0. The van der Waals surface area contributed by atoms with E-state index in [1.165, 1.54) is 42.7 Å². The lowest BCUT2D eigenvalue weighted by Gasteiger charge is -2.23. The molecule has 0 saturated heterocycles. The summed E-state index contributed by atoms with van der Waals surface area (Å²) in [4.78, 5) is 12.2. The van der Waals surface area contributed by atoms with Gasteiger partial charge in [0.05, 0.1) is 11.9 Å². The number of hydrogen-bond donors (Lipinski definition) is 1. The van der Waals surface area contributed by atoms with Crippen molar-refractivity contribution in [2.45, 2.75) is 63.8 Å². The highest BCUT2D eigenvalue weighted by molar-refractivity contribution is 7.92. The van der Waals surface area contributed by atoms with E-state index >= 15 is 0 Å². The van der Waals surface area contributed by atoms with Gasteiger partial charge < -0.3 is 5.32 Å². The molecule has 0 atom stereocenters. The minimum absolute atomic E-state index is 0.0140. The summed E-state index contributed by atoms with van der Waals surface area (Å²) < 4.78 is 25.5. The predicted octanol–water partition coefficient (Wildman–Crippen LogP) is 4.12. The van der Waals surface area contributed by atoms with Crippen molar-refractivity contribution in [3.05, 3.63) is 29.3 Å². The van der Waals surface area contributed by atoms with Crippen LogP contribution in [0.3, 0.4) is 0 Å². The molecule has 1 aromatic rings. The molecule has 0 radical (unpaired) electrons. The van der Waals surface area contributed by atoms with Gasteiger partial charge in [-0.1, -0.05) is 43.7 Å². The van der Waals surface area contributed by atoms with Crippen molar-refractivity contribution < 1.29 is 13.2 Å². The van der Waals surface area contributed by atoms with Crippen LogP contribution in [-0.2, 0) is 14.8 Å². The molecular weight excluding hydrogens is 372 g/mol. The number of amides is 1. The largest absolute Gasteiger partial charge is 0.353 e. The van der Waals surface area contributed by atoms with Crippen LogP contribution >= 0.6 is 11.6 Å². The van der Waals surface area contributed by atoms with Crippen molar-refractivity contribution in [3.63, 3.8) is 0 Å². The molecule has 1 amide bonds. The monoisotopic (exact) mass is 400 g/mol. The second-order valence-corrected chi connectivity index (χ2v) is 9.37. The molecule has 1 aliphatic rings. The van der Waals surface area contributed by atoms with Crippen molar-refractivity contribution in [3.8, 4) is 0 Å². The summed E-state index contributed by atoms with van der Waals surface area (Å²) in [6.07, 6.45) is 10.2. The number of sulfonamides is 1. The standard InChI is InChI=1S/C19H29ClN2O3S/c1-26(24,25)22(18-13-11-16(20)12-14-18)15-7-10-19(23)21-17-8-5-3-2-4-6-9-17/h11-14,17H,2-10,15H2,1H3,(H,21,23). The molecule has 2 rings (SSSR count). The Balaban J connectivity index is 1.84. The summed E-state index contributed by atoms with van der Waals surface area (Å²) in [7, 11) is -3.41. The Kier molecular flexibility index (Phi) is 8.22. The number of carbonyl (C=O) groups is 1. The van der Waals surface area contributed by atoms with Crippen LogP contribution in [0.5, 0.6) is 0 Å². The summed E-state index contributed by atoms with van der Waals surface area (Å²) in [5, 5.41) is 3.68. The SMILES string of the molecule is CS(=O)(=O)N(CCCC(=O)NC1CCCCCCC1)c1ccc(Cl)cc1. The molecule has 7 heteroatoms. The Labute approximate surface area is 162 Å². The van der Waals surface area contributed by atoms with Crippen LogP contribution in [0.4, 0.5) is 5.69 Å². The first-order valence-corrected chi connectivity index (χ1v) is 11.6. The quantitative estimate of drug-likeness (QED) is 0.748. The van der Waals surface area contributed by atoms with Crippen molar-refractivity contribution in [2.24, 2.45) is 0 Å². The number of rotatable bonds is 7. The van der Waals surface area contributed by atoms with Crippen LogP contribution in [0.1, 0.15) is 57.8 Å². The van der Waals surface area contributed by atoms with Crippen molar-refractivity contribution in [1.82, 2.24) is 5.32 Å². The third-order valence-corrected chi connectivity index (χ3v) is 6.20. The van der Waals surface area contributed by atoms with Gasteiger partial charge in [-0.2, -0.15) is 0 Å². The second-order valence-electron chi connectivity index (χ2n) is 7.02. The summed E-state index contributed by atoms with van der Waals surface area (Å²) in [6.45, 7) is 0.276. The molecule has 0 aromatic heterocycles. The Morgan fingerprint density at radius 2 is 1.69 bits per heavy atom. The summed E-state index contributed by atoms with van der Waals surface area (Å²) in [6, 6.07) is 6.95. The van der Waals surface area contributed by atoms with Crippen LogP contribution < -0.4 is 9.62 Å². The number of nitrogens with zero attached hydrogens (tertiary/aromatic N) is 1. The van der Waals surface area contributed by atoms with E-state index in [4.69, 9.17) is 11.6 Å². The molecule has 5 nitrogen and oxygen atoms in total. The van der Waals surface area contributed by atoms with E-state index in [1.807, 2.05) is 0 Å². The molecule has 26 heavy (non-hydrogen) atoms. The maximum Gasteiger partial charge on any atom is 0.232 e. The smallest absolute Gasteiger partial charge is 0.232 e. The fraction of sp³-hybridized carbons (Fsp3) is 0.632. The van der Waals surface area contributed by atoms with Gasteiger partial charge in [0, 0.05) is 24.0 Å². The van der Waals surface area contributed by atoms with E-state index in [-0.39, 0.29) is 18.5 Å². The first-order valence-electron chi connectivity index (χ1n) is 9.39. The fourth-order valence-electron chi connectivity index (χ4n) is 3.38. The minimum atomic E-state index is -3.41. The molecule has 0 bridgehead atoms. The van der Waals surface area contributed by atoms with Crippen molar-refractivity contribution in [2.75, 3.05) is 17.1 Å². The number of anilines is 1. The number of benzene rings is 1. The Hall–Kier alpha value is -1.27. The average molecular weight is 401 g/mol. The molecular formula is C19H29ClN2O3S. The Morgan fingerprint density at radius 3 is 2.27 bits per heavy atom. The van der Waals surface area contributed by atoms with Crippen molar-refractivity contribution in [1.29, 1.82) is 0 Å². The maximum absolute atomic E-state index is 12.2. The average Bonchev–Trinajstić information content (AvgIpc) is 2.54. The van der Waals surface area contributed by atoms with Crippen LogP contribution in [0.15, 0.2) is 24.3 Å². The van der Waals surface area contributed by atoms with Gasteiger partial charge in [0.2, 0.25) is 15.9 Å². The number of nitrogens with one attached hydrogen (secondary N) is 1. The minimum Gasteiger partial charge on any atom is -0.353 e. The van der Waals surface area contributed by atoms with Gasteiger partial charge in [-0.3, -0.25) is 9.10 Å². The van der Waals surface area contributed by atoms with E-state index in [0.717, 1.165) is 12.8 Å². The van der Waals surface area contributed by atoms with E-state index < -0.39 is 10.0 Å². The zero-order valence-electron chi connectivity index (χ0n) is 15.4. The van der Waals surface area contributed by atoms with Gasteiger partial charge in [-0.25, -0.2) is 8.42 Å². The summed E-state index contributed by atoms with van der Waals surface area (Å²) in [5.41, 5.74) is 0.567. The van der Waals surface area contributed by atoms with Gasteiger partial charge in [-0.05, 0) is 43.5 Å². The van der Waals surface area contributed by atoms with Crippen LogP contribution in [-0.4, -0.2) is 33.2 Å². The lowest BCUT2D eigenvalue weighted by Crippen LogP contribution is -2.36. The Bertz CT molecular complexity index is 669. The molecule has 0 unspecified atom stereocenters. The molecule has 146 valence electrons. The van der Waals surface area contributed by atoms with Crippen LogP contribution in [0.25, 0.3) is 0 Å². The van der Waals surface area contributed by atoms with E-state index in [9.17, 15) is 13.2 Å². The zero-order valence-corrected chi connectivity index (χ0v) is 17.0. The molecule has 1 N–H and O–H groups in total. The van der Waals surface area contributed by atoms with Gasteiger partial charge in [0.25, 0.3) is 0 Å². The van der Waals surface area contributed by atoms with Gasteiger partial charge in [0.15, 0.2) is 0 Å². The van der Waals surface area contributed by atoms with Crippen molar-refractivity contribution >= 4 is 33.2 Å².